The van der Waals surface area contributed by atoms with Crippen molar-refractivity contribution in [2.24, 2.45) is 11.3 Å². The van der Waals surface area contributed by atoms with E-state index in [2.05, 4.69) is 10.3 Å². The van der Waals surface area contributed by atoms with Crippen LogP contribution in [0, 0.1) is 18.3 Å². The number of ether oxygens (including phenoxy) is 1. The first-order chi connectivity index (χ1) is 16.4. The van der Waals surface area contributed by atoms with E-state index in [1.165, 1.54) is 6.08 Å². The molecule has 1 aromatic carbocycles. The lowest BCUT2D eigenvalue weighted by molar-refractivity contribution is -0.146. The predicted octanol–water partition coefficient (Wildman–Crippen LogP) is 4.16. The highest BCUT2D eigenvalue weighted by molar-refractivity contribution is 7.18. The van der Waals surface area contributed by atoms with Crippen molar-refractivity contribution >= 4 is 33.2 Å². The first kappa shape index (κ1) is 27.4. The van der Waals surface area contributed by atoms with Gasteiger partial charge < -0.3 is 20.3 Å². The van der Waals surface area contributed by atoms with Crippen molar-refractivity contribution in [3.8, 4) is 0 Å². The fourth-order valence-electron chi connectivity index (χ4n) is 4.34. The molecule has 0 aliphatic carbocycles. The zero-order valence-electron chi connectivity index (χ0n) is 20.9. The molecule has 3 N–H and O–H groups in total. The molecule has 7 nitrogen and oxygen atoms in total. The van der Waals surface area contributed by atoms with Gasteiger partial charge in [0.1, 0.15) is 5.78 Å². The molecule has 9 heteroatoms. The van der Waals surface area contributed by atoms with Crippen molar-refractivity contribution in [1.29, 1.82) is 0 Å². The van der Waals surface area contributed by atoms with Gasteiger partial charge in [0.2, 0.25) is 5.91 Å². The summed E-state index contributed by atoms with van der Waals surface area (Å²) in [6, 6.07) is 5.15. The molecule has 192 valence electrons. The Morgan fingerprint density at radius 3 is 2.66 bits per heavy atom. The fourth-order valence-corrected chi connectivity index (χ4v) is 5.15. The number of hydrogen-bond donors (Lipinski definition) is 3. The van der Waals surface area contributed by atoms with Crippen LogP contribution in [0.15, 0.2) is 30.1 Å². The molecule has 35 heavy (non-hydrogen) atoms. The highest BCUT2D eigenvalue weighted by Crippen LogP contribution is 2.31. The van der Waals surface area contributed by atoms with Gasteiger partial charge >= 0.3 is 0 Å². The van der Waals surface area contributed by atoms with Gasteiger partial charge in [0.15, 0.2) is 0 Å². The molecule has 3 rings (SSSR count). The molecule has 0 unspecified atom stereocenters. The lowest BCUT2D eigenvalue weighted by atomic mass is 9.74. The van der Waals surface area contributed by atoms with Crippen LogP contribution in [-0.4, -0.2) is 51.8 Å². The molecule has 1 aliphatic rings. The number of rotatable bonds is 1. The van der Waals surface area contributed by atoms with Gasteiger partial charge in [-0.3, -0.25) is 9.59 Å². The van der Waals surface area contributed by atoms with E-state index in [9.17, 15) is 24.2 Å². The van der Waals surface area contributed by atoms with Gasteiger partial charge in [0.25, 0.3) is 0 Å². The summed E-state index contributed by atoms with van der Waals surface area (Å²) in [5.74, 6) is -2.07. The highest BCUT2D eigenvalue weighted by Gasteiger charge is 2.42. The number of aliphatic hydroxyl groups excluding tert-OH is 2. The van der Waals surface area contributed by atoms with Crippen LogP contribution in [0.1, 0.15) is 63.6 Å². The summed E-state index contributed by atoms with van der Waals surface area (Å²) in [6.45, 7) is 8.29. The number of Topliss-reactive ketones (excluding diaryl/α,β-unsaturated/α-hetero) is 1. The summed E-state index contributed by atoms with van der Waals surface area (Å²) in [5.41, 5.74) is 0.304. The molecule has 0 spiro atoms. The summed E-state index contributed by atoms with van der Waals surface area (Å²) >= 11 is 1.57. The molecule has 1 amide bonds. The summed E-state index contributed by atoms with van der Waals surface area (Å²) in [6.07, 6.45) is -1.79. The Morgan fingerprint density at radius 2 is 1.94 bits per heavy atom. The van der Waals surface area contributed by atoms with E-state index in [-0.39, 0.29) is 31.7 Å². The summed E-state index contributed by atoms with van der Waals surface area (Å²) in [7, 11) is 0. The Hall–Kier alpha value is -2.20. The number of hydrogen-bond acceptors (Lipinski definition) is 7. The number of nitrogens with zero attached hydrogens (tertiary/aromatic N) is 1. The van der Waals surface area contributed by atoms with Crippen LogP contribution >= 0.6 is 11.3 Å². The van der Waals surface area contributed by atoms with Crippen molar-refractivity contribution in [3.05, 3.63) is 40.7 Å². The number of carbonyl (C=O) groups is 2. The second-order valence-corrected chi connectivity index (χ2v) is 11.1. The number of amides is 1. The maximum atomic E-state index is 14.6. The van der Waals surface area contributed by atoms with E-state index >= 15 is 0 Å². The third kappa shape index (κ3) is 6.52. The van der Waals surface area contributed by atoms with E-state index in [0.29, 0.717) is 0 Å². The van der Waals surface area contributed by atoms with Gasteiger partial charge in [0.05, 0.1) is 63.8 Å². The second kappa shape index (κ2) is 11.2. The molecule has 5 atom stereocenters. The van der Waals surface area contributed by atoms with Crippen molar-refractivity contribution < 1.29 is 28.9 Å². The van der Waals surface area contributed by atoms with Crippen molar-refractivity contribution in [2.45, 2.75) is 78.2 Å². The van der Waals surface area contributed by atoms with E-state index in [1.807, 2.05) is 25.1 Å². The lowest BCUT2D eigenvalue weighted by Gasteiger charge is -2.34. The normalized spacial score (nSPS) is 31.1. The molecule has 1 aliphatic heterocycles. The van der Waals surface area contributed by atoms with Crippen molar-refractivity contribution in [2.75, 3.05) is 6.61 Å². The maximum Gasteiger partial charge on any atom is 0.223 e. The quantitative estimate of drug-likeness (QED) is 0.536. The van der Waals surface area contributed by atoms with Crippen molar-refractivity contribution in [3.63, 3.8) is 0 Å². The number of halogens is 1. The molecule has 2 aromatic rings. The average molecular weight is 507 g/mol. The summed E-state index contributed by atoms with van der Waals surface area (Å²) in [5, 5.41) is 25.2. The van der Waals surface area contributed by atoms with Gasteiger partial charge in [-0.05, 0) is 38.0 Å². The number of fused-ring (bicyclic) bond motifs is 1. The predicted molar refractivity (Wildman–Crippen MR) is 134 cm³/mol. The minimum atomic E-state index is -1.27. The molecular weight excluding hydrogens is 471 g/mol. The second-order valence-electron chi connectivity index (χ2n) is 9.88. The SMILES string of the molecule is Cc1nc2cc([C@@H]3C/C=C(\F)CCO[C@@H](C)[C@@H](O)[C@@H](C)C(=O)C(C)(C)[C@@H](O)CC(=O)N3)ccc2s1. The molecule has 1 aromatic heterocycles. The third-order valence-electron chi connectivity index (χ3n) is 6.81. The van der Waals surface area contributed by atoms with Gasteiger partial charge in [-0.1, -0.05) is 32.9 Å². The van der Waals surface area contributed by atoms with Gasteiger partial charge in [0, 0.05) is 12.3 Å². The Morgan fingerprint density at radius 1 is 1.23 bits per heavy atom. The largest absolute Gasteiger partial charge is 0.392 e. The summed E-state index contributed by atoms with van der Waals surface area (Å²) < 4.78 is 21.2. The van der Waals surface area contributed by atoms with Crippen LogP contribution < -0.4 is 5.32 Å². The monoisotopic (exact) mass is 506 g/mol. The number of carbonyl (C=O) groups excluding carboxylic acids is 2. The third-order valence-corrected chi connectivity index (χ3v) is 7.76. The van der Waals surface area contributed by atoms with Crippen LogP contribution in [0.4, 0.5) is 4.39 Å². The van der Waals surface area contributed by atoms with Crippen molar-refractivity contribution in [1.82, 2.24) is 10.3 Å². The van der Waals surface area contributed by atoms with Crippen LogP contribution in [0.3, 0.4) is 0 Å². The van der Waals surface area contributed by atoms with Gasteiger partial charge in [-0.25, -0.2) is 9.37 Å². The van der Waals surface area contributed by atoms with Crippen LogP contribution in [0.25, 0.3) is 10.2 Å². The maximum absolute atomic E-state index is 14.6. The Balaban J connectivity index is 1.91. The zero-order chi connectivity index (χ0) is 25.9. The first-order valence-electron chi connectivity index (χ1n) is 11.9. The van der Waals surface area contributed by atoms with Gasteiger partial charge in [-0.15, -0.1) is 11.3 Å². The molecular formula is C26H35FN2O5S. The van der Waals surface area contributed by atoms with Gasteiger partial charge in [-0.2, -0.15) is 0 Å². The number of benzene rings is 1. The van der Waals surface area contributed by atoms with E-state index < -0.39 is 47.4 Å². The lowest BCUT2D eigenvalue weighted by Crippen LogP contribution is -2.47. The molecule has 2 heterocycles. The van der Waals surface area contributed by atoms with E-state index in [4.69, 9.17) is 4.74 Å². The summed E-state index contributed by atoms with van der Waals surface area (Å²) in [4.78, 5) is 30.6. The molecule has 0 saturated carbocycles. The van der Waals surface area contributed by atoms with Crippen LogP contribution in [-0.2, 0) is 14.3 Å². The van der Waals surface area contributed by atoms with Crippen LogP contribution in [0.5, 0.6) is 0 Å². The number of ketones is 1. The minimum Gasteiger partial charge on any atom is -0.392 e. The molecule has 0 radical (unpaired) electrons. The number of thiazole rings is 1. The number of aliphatic hydroxyl groups is 2. The first-order valence-corrected chi connectivity index (χ1v) is 12.7. The number of aromatic nitrogens is 1. The Labute approximate surface area is 209 Å². The minimum absolute atomic E-state index is 0.00851. The average Bonchev–Trinajstić information content (AvgIpc) is 3.18. The van der Waals surface area contributed by atoms with E-state index in [0.717, 1.165) is 20.8 Å². The van der Waals surface area contributed by atoms with E-state index in [1.54, 1.807) is 39.0 Å². The Bertz CT molecular complexity index is 1100. The van der Waals surface area contributed by atoms with Crippen LogP contribution in [0.2, 0.25) is 0 Å². The Kier molecular flexibility index (Phi) is 8.80. The molecule has 0 saturated heterocycles. The highest BCUT2D eigenvalue weighted by atomic mass is 32.1. The standard InChI is InChI=1S/C26H35FN2O5S/c1-14-24(32)15(2)34-11-10-18(27)7-8-19(17-6-9-21-20(12-17)28-16(3)35-21)29-23(31)13-22(30)26(4,5)25(14)33/h6-7,9,12,14-15,19,22,24,30,32H,8,10-11,13H2,1-5H3,(H,29,31)/b18-7-/t14-,15+,19+,22+,24+/m1/s1. The number of aryl methyl sites for hydroxylation is 1. The number of nitrogens with one attached hydrogen (secondary N) is 1. The topological polar surface area (TPSA) is 109 Å². The zero-order valence-corrected chi connectivity index (χ0v) is 21.7. The smallest absolute Gasteiger partial charge is 0.223 e. The fraction of sp³-hybridized carbons (Fsp3) is 0.577. The molecule has 0 fully saturated rings. The molecule has 0 bridgehead atoms.